The minimum Gasteiger partial charge on any atom is -0.444 e. The Morgan fingerprint density at radius 2 is 1.82 bits per heavy atom. The van der Waals surface area contributed by atoms with Crippen LogP contribution in [0, 0.1) is 18.7 Å². The summed E-state index contributed by atoms with van der Waals surface area (Å²) in [7, 11) is 1.47. The van der Waals surface area contributed by atoms with E-state index in [1.54, 1.807) is 11.0 Å². The molecule has 2 atom stereocenters. The van der Waals surface area contributed by atoms with Crippen molar-refractivity contribution in [3.05, 3.63) is 47.4 Å². The van der Waals surface area contributed by atoms with Crippen LogP contribution in [0.4, 0.5) is 39.5 Å². The number of benzene rings is 1. The molecule has 244 valence electrons. The molecular weight excluding hydrogens is 596 g/mol. The van der Waals surface area contributed by atoms with Gasteiger partial charge in [-0.3, -0.25) is 14.5 Å². The van der Waals surface area contributed by atoms with E-state index in [2.05, 4.69) is 10.3 Å². The predicted molar refractivity (Wildman–Crippen MR) is 160 cm³/mol. The van der Waals surface area contributed by atoms with Crippen molar-refractivity contribution in [2.24, 2.45) is 5.92 Å². The lowest BCUT2D eigenvalue weighted by Crippen LogP contribution is -2.60. The third kappa shape index (κ3) is 6.85. The van der Waals surface area contributed by atoms with E-state index in [4.69, 9.17) is 4.74 Å². The molecule has 5 rings (SSSR count). The molecule has 0 bridgehead atoms. The summed E-state index contributed by atoms with van der Waals surface area (Å²) >= 11 is 0. The summed E-state index contributed by atoms with van der Waals surface area (Å²) < 4.78 is 61.7. The lowest BCUT2D eigenvalue weighted by atomic mass is 9.95. The van der Waals surface area contributed by atoms with E-state index >= 15 is 4.39 Å². The van der Waals surface area contributed by atoms with Gasteiger partial charge in [0, 0.05) is 57.3 Å². The Balaban J connectivity index is 1.33. The number of rotatable bonds is 6. The van der Waals surface area contributed by atoms with Gasteiger partial charge in [-0.25, -0.2) is 14.2 Å². The van der Waals surface area contributed by atoms with Crippen LogP contribution >= 0.6 is 0 Å². The molecule has 14 heteroatoms. The lowest BCUT2D eigenvalue weighted by Gasteiger charge is -2.40. The molecule has 2 saturated heterocycles. The first kappa shape index (κ1) is 32.5. The predicted octanol–water partition coefficient (Wildman–Crippen LogP) is 4.35. The fourth-order valence-electron chi connectivity index (χ4n) is 6.13. The topological polar surface area (TPSA) is 98.3 Å². The first-order chi connectivity index (χ1) is 21.0. The number of carbonyl (C=O) groups excluding carboxylic acids is 3. The number of pyridine rings is 1. The van der Waals surface area contributed by atoms with Crippen molar-refractivity contribution < 1.29 is 36.7 Å². The van der Waals surface area contributed by atoms with Crippen LogP contribution in [0.5, 0.6) is 0 Å². The molecule has 0 spiro atoms. The smallest absolute Gasteiger partial charge is 0.416 e. The summed E-state index contributed by atoms with van der Waals surface area (Å²) in [6.07, 6.45) is -4.56. The maximum Gasteiger partial charge on any atom is 0.416 e. The van der Waals surface area contributed by atoms with Gasteiger partial charge in [-0.15, -0.1) is 0 Å². The number of likely N-dealkylation sites (tertiary alicyclic amines) is 1. The number of nitrogens with one attached hydrogen (secondary N) is 1. The lowest BCUT2D eigenvalue weighted by molar-refractivity contribution is -0.137. The number of aryl methyl sites for hydroxylation is 1. The maximum atomic E-state index is 15.4. The fraction of sp³-hybridized carbons (Fsp3) is 0.548. The molecule has 45 heavy (non-hydrogen) atoms. The number of amides is 3. The average molecular weight is 635 g/mol. The summed E-state index contributed by atoms with van der Waals surface area (Å²) in [5.41, 5.74) is -0.953. The molecule has 1 aromatic heterocycles. The summed E-state index contributed by atoms with van der Waals surface area (Å²) in [4.78, 5) is 49.4. The molecule has 1 aromatic carbocycles. The summed E-state index contributed by atoms with van der Waals surface area (Å²) in [5.74, 6) is -2.44. The first-order valence-corrected chi connectivity index (χ1v) is 14.9. The fourth-order valence-corrected chi connectivity index (χ4v) is 6.13. The summed E-state index contributed by atoms with van der Waals surface area (Å²) in [6, 6.07) is 5.05. The van der Waals surface area contributed by atoms with Gasteiger partial charge in [0.05, 0.1) is 16.9 Å². The number of aromatic nitrogens is 1. The van der Waals surface area contributed by atoms with Gasteiger partial charge in [0.2, 0.25) is 11.8 Å². The van der Waals surface area contributed by atoms with Crippen molar-refractivity contribution in [2.45, 2.75) is 64.4 Å². The van der Waals surface area contributed by atoms with E-state index in [-0.39, 0.29) is 42.3 Å². The molecular formula is C31H38F4N6O4. The summed E-state index contributed by atoms with van der Waals surface area (Å²) in [6.45, 7) is 8.92. The summed E-state index contributed by atoms with van der Waals surface area (Å²) in [5, 5.41) is 3.40. The Kier molecular flexibility index (Phi) is 8.73. The molecule has 3 aliphatic rings. The largest absolute Gasteiger partial charge is 0.444 e. The molecule has 0 saturated carbocycles. The van der Waals surface area contributed by atoms with Gasteiger partial charge in [0.1, 0.15) is 23.3 Å². The Labute approximate surface area is 259 Å². The molecule has 0 radical (unpaired) electrons. The van der Waals surface area contributed by atoms with Crippen molar-refractivity contribution in [2.75, 3.05) is 54.5 Å². The number of alkyl halides is 3. The van der Waals surface area contributed by atoms with Gasteiger partial charge in [-0.1, -0.05) is 6.07 Å². The first-order valence-electron chi connectivity index (χ1n) is 14.9. The standard InChI is InChI=1S/C31H38F4N6O4/c1-18-12-20(31(33,34)35)14-24(37-18)41-25(42)13-19-15-39(27-22(32)8-6-9-23(27)38(5)28(43)26(19)41)11-7-10-36-21-16-40(17-21)29(44)45-30(2,3)4/h6,8-9,12,14,19,21,26,36H,7,10-11,13,15-17H2,1-5H3/t19-,26+/m1/s1. The number of para-hydroxylation sites is 1. The van der Waals surface area contributed by atoms with E-state index in [1.165, 1.54) is 31.0 Å². The minimum atomic E-state index is -4.67. The number of ether oxygens (including phenoxy) is 1. The Morgan fingerprint density at radius 3 is 2.49 bits per heavy atom. The highest BCUT2D eigenvalue weighted by atomic mass is 19.4. The molecule has 1 N–H and O–H groups in total. The highest BCUT2D eigenvalue weighted by Gasteiger charge is 2.49. The van der Waals surface area contributed by atoms with Gasteiger partial charge in [0.15, 0.2) is 0 Å². The SMILES string of the molecule is Cc1cc(C(F)(F)F)cc(N2C(=O)C[C@@H]3CN(CCCNC4CN(C(=O)OC(C)(C)C)C4)c4c(F)cccc4N(C)C(=O)[C@H]32)n1. The molecule has 0 unspecified atom stereocenters. The number of fused-ring (bicyclic) bond motifs is 2. The Bertz CT molecular complexity index is 1470. The molecule has 3 amide bonds. The van der Waals surface area contributed by atoms with Crippen LogP contribution in [0.25, 0.3) is 0 Å². The molecule has 10 nitrogen and oxygen atoms in total. The highest BCUT2D eigenvalue weighted by Crippen LogP contribution is 2.41. The molecule has 4 heterocycles. The highest BCUT2D eigenvalue weighted by molar-refractivity contribution is 6.10. The molecule has 0 aliphatic carbocycles. The number of hydrogen-bond acceptors (Lipinski definition) is 7. The van der Waals surface area contributed by atoms with E-state index in [0.29, 0.717) is 38.3 Å². The van der Waals surface area contributed by atoms with E-state index in [9.17, 15) is 27.6 Å². The van der Waals surface area contributed by atoms with Crippen molar-refractivity contribution in [1.82, 2.24) is 15.2 Å². The zero-order valence-corrected chi connectivity index (χ0v) is 25.9. The second kappa shape index (κ2) is 12.1. The van der Waals surface area contributed by atoms with E-state index in [0.717, 1.165) is 17.0 Å². The normalized spacial score (nSPS) is 20.9. The van der Waals surface area contributed by atoms with E-state index in [1.807, 2.05) is 25.7 Å². The van der Waals surface area contributed by atoms with Crippen LogP contribution in [0.3, 0.4) is 0 Å². The number of anilines is 3. The second-order valence-electron chi connectivity index (χ2n) is 12.9. The molecule has 2 fully saturated rings. The number of hydrogen-bond donors (Lipinski definition) is 1. The van der Waals surface area contributed by atoms with Gasteiger partial charge in [0.25, 0.3) is 0 Å². The van der Waals surface area contributed by atoms with Crippen molar-refractivity contribution >= 4 is 35.1 Å². The van der Waals surface area contributed by atoms with Crippen LogP contribution in [0.1, 0.15) is 44.9 Å². The van der Waals surface area contributed by atoms with Gasteiger partial charge in [-0.05, 0) is 64.9 Å². The molecule has 3 aliphatic heterocycles. The van der Waals surface area contributed by atoms with Gasteiger partial charge < -0.3 is 24.8 Å². The second-order valence-corrected chi connectivity index (χ2v) is 12.9. The number of carbonyl (C=O) groups is 3. The average Bonchev–Trinajstić information content (AvgIpc) is 3.22. The number of halogens is 4. The van der Waals surface area contributed by atoms with Crippen molar-refractivity contribution in [1.29, 1.82) is 0 Å². The Hall–Kier alpha value is -3.94. The zero-order chi connectivity index (χ0) is 32.8. The van der Waals surface area contributed by atoms with Crippen molar-refractivity contribution in [3.8, 4) is 0 Å². The van der Waals surface area contributed by atoms with Crippen LogP contribution in [-0.4, -0.2) is 85.2 Å². The third-order valence-electron chi connectivity index (χ3n) is 8.20. The van der Waals surface area contributed by atoms with Gasteiger partial charge in [-0.2, -0.15) is 13.2 Å². The number of likely N-dealkylation sites (N-methyl/N-ethyl adjacent to an activating group) is 1. The zero-order valence-electron chi connectivity index (χ0n) is 25.9. The quantitative estimate of drug-likeness (QED) is 0.373. The third-order valence-corrected chi connectivity index (χ3v) is 8.20. The van der Waals surface area contributed by atoms with Crippen LogP contribution in [-0.2, 0) is 20.5 Å². The van der Waals surface area contributed by atoms with Crippen molar-refractivity contribution in [3.63, 3.8) is 0 Å². The van der Waals surface area contributed by atoms with Gasteiger partial charge >= 0.3 is 12.3 Å². The minimum absolute atomic E-state index is 0.0601. The van der Waals surface area contributed by atoms with Crippen LogP contribution in [0.2, 0.25) is 0 Å². The Morgan fingerprint density at radius 1 is 1.11 bits per heavy atom. The van der Waals surface area contributed by atoms with Crippen LogP contribution in [0.15, 0.2) is 30.3 Å². The van der Waals surface area contributed by atoms with Crippen LogP contribution < -0.4 is 20.0 Å². The number of nitrogens with zero attached hydrogens (tertiary/aromatic N) is 5. The molecule has 2 aromatic rings. The maximum absolute atomic E-state index is 15.4. The monoisotopic (exact) mass is 634 g/mol. The van der Waals surface area contributed by atoms with E-state index < -0.39 is 46.9 Å².